The molecule has 5 nitrogen and oxygen atoms in total. The van der Waals surface area contributed by atoms with E-state index in [1.165, 1.54) is 0 Å². The largest absolute Gasteiger partial charge is 0.481 e. The Morgan fingerprint density at radius 3 is 2.21 bits per heavy atom. The highest BCUT2D eigenvalue weighted by molar-refractivity contribution is 5.77. The third-order valence-corrected chi connectivity index (χ3v) is 2.92. The molecule has 1 N–H and O–H groups in total. The van der Waals surface area contributed by atoms with Gasteiger partial charge in [-0.1, -0.05) is 13.0 Å². The van der Waals surface area contributed by atoms with Gasteiger partial charge in [0.2, 0.25) is 0 Å². The monoisotopic (exact) mass is 270 g/mol. The van der Waals surface area contributed by atoms with Gasteiger partial charge >= 0.3 is 12.0 Å². The van der Waals surface area contributed by atoms with Gasteiger partial charge in [-0.25, -0.2) is 4.79 Å². The Morgan fingerprint density at radius 1 is 1.37 bits per heavy atom. The van der Waals surface area contributed by atoms with Crippen LogP contribution in [-0.4, -0.2) is 52.1 Å². The number of nitrogens with zero attached hydrogens (tertiary/aromatic N) is 2. The molecule has 0 aliphatic heterocycles. The Balaban J connectivity index is 4.98. The predicted molar refractivity (Wildman–Crippen MR) is 76.1 cm³/mol. The number of carboxylic acid groups (broad SMARTS) is 1. The lowest BCUT2D eigenvalue weighted by Crippen LogP contribution is -2.53. The topological polar surface area (TPSA) is 60.9 Å². The number of urea groups is 1. The van der Waals surface area contributed by atoms with E-state index in [4.69, 9.17) is 5.11 Å². The van der Waals surface area contributed by atoms with Crippen molar-refractivity contribution in [1.82, 2.24) is 9.80 Å². The summed E-state index contributed by atoms with van der Waals surface area (Å²) in [6, 6.07) is -0.150. The van der Waals surface area contributed by atoms with E-state index in [9.17, 15) is 9.59 Å². The molecule has 0 aromatic carbocycles. The van der Waals surface area contributed by atoms with E-state index >= 15 is 0 Å². The molecule has 0 saturated carbocycles. The van der Waals surface area contributed by atoms with Crippen molar-refractivity contribution in [3.05, 3.63) is 12.7 Å². The molecule has 0 heterocycles. The number of carbonyl (C=O) groups is 2. The zero-order chi connectivity index (χ0) is 15.2. The number of carboxylic acids is 1. The second-order valence-electron chi connectivity index (χ2n) is 5.63. The van der Waals surface area contributed by atoms with Crippen molar-refractivity contribution in [3.63, 3.8) is 0 Å². The third kappa shape index (κ3) is 5.32. The highest BCUT2D eigenvalue weighted by Crippen LogP contribution is 2.16. The van der Waals surface area contributed by atoms with Crippen molar-refractivity contribution < 1.29 is 14.7 Å². The molecule has 19 heavy (non-hydrogen) atoms. The molecular weight excluding hydrogens is 244 g/mol. The number of aliphatic carboxylic acids is 1. The molecule has 0 radical (unpaired) electrons. The van der Waals surface area contributed by atoms with Gasteiger partial charge in [0.1, 0.15) is 0 Å². The van der Waals surface area contributed by atoms with Crippen LogP contribution in [0.25, 0.3) is 0 Å². The first-order valence-electron chi connectivity index (χ1n) is 6.55. The van der Waals surface area contributed by atoms with Crippen LogP contribution < -0.4 is 0 Å². The molecule has 0 spiro atoms. The van der Waals surface area contributed by atoms with Crippen LogP contribution >= 0.6 is 0 Å². The fraction of sp³-hybridized carbons (Fsp3) is 0.714. The van der Waals surface area contributed by atoms with Crippen molar-refractivity contribution in [2.45, 2.75) is 40.2 Å². The van der Waals surface area contributed by atoms with Crippen molar-refractivity contribution in [2.24, 2.45) is 5.92 Å². The summed E-state index contributed by atoms with van der Waals surface area (Å²) in [5.41, 5.74) is -0.328. The molecule has 0 aliphatic carbocycles. The maximum absolute atomic E-state index is 12.5. The summed E-state index contributed by atoms with van der Waals surface area (Å²) in [7, 11) is 0. The second-order valence-corrected chi connectivity index (χ2v) is 5.63. The predicted octanol–water partition coefficient (Wildman–Crippen LogP) is 2.44. The van der Waals surface area contributed by atoms with Gasteiger partial charge in [-0.2, -0.15) is 0 Å². The van der Waals surface area contributed by atoms with Gasteiger partial charge in [-0.05, 0) is 27.7 Å². The molecule has 0 bridgehead atoms. The second kappa shape index (κ2) is 7.16. The number of amides is 2. The van der Waals surface area contributed by atoms with Gasteiger partial charge in [0.25, 0.3) is 0 Å². The standard InChI is InChI=1S/C14H26N2O3/c1-7-9-16(14(4,5)6)13(19)15(8-2)10-11(3)12(17)18/h7,11H,1,8-10H2,2-6H3,(H,17,18). The quantitative estimate of drug-likeness (QED) is 0.754. The summed E-state index contributed by atoms with van der Waals surface area (Å²) in [5.74, 6) is -1.47. The van der Waals surface area contributed by atoms with E-state index < -0.39 is 11.9 Å². The average Bonchev–Trinajstić information content (AvgIpc) is 2.30. The van der Waals surface area contributed by atoms with Gasteiger partial charge in [0.15, 0.2) is 0 Å². The van der Waals surface area contributed by atoms with Crippen LogP contribution in [0.3, 0.4) is 0 Å². The molecule has 0 saturated heterocycles. The lowest BCUT2D eigenvalue weighted by molar-refractivity contribution is -0.141. The average molecular weight is 270 g/mol. The zero-order valence-electron chi connectivity index (χ0n) is 12.6. The van der Waals surface area contributed by atoms with Crippen LogP contribution in [0.4, 0.5) is 4.79 Å². The minimum atomic E-state index is -0.891. The summed E-state index contributed by atoms with van der Waals surface area (Å²) in [5, 5.41) is 8.94. The number of hydrogen-bond acceptors (Lipinski definition) is 2. The molecule has 0 aromatic rings. The van der Waals surface area contributed by atoms with Crippen molar-refractivity contribution in [3.8, 4) is 0 Å². The van der Waals surface area contributed by atoms with Gasteiger partial charge < -0.3 is 14.9 Å². The van der Waals surface area contributed by atoms with Crippen molar-refractivity contribution in [2.75, 3.05) is 19.6 Å². The molecule has 0 aliphatic rings. The Morgan fingerprint density at radius 2 is 1.89 bits per heavy atom. The van der Waals surface area contributed by atoms with E-state index in [2.05, 4.69) is 6.58 Å². The fourth-order valence-corrected chi connectivity index (χ4v) is 1.69. The minimum Gasteiger partial charge on any atom is -0.481 e. The van der Waals surface area contributed by atoms with Crippen LogP contribution in [0.15, 0.2) is 12.7 Å². The number of carbonyl (C=O) groups excluding carboxylic acids is 1. The molecule has 0 fully saturated rings. The Kier molecular flexibility index (Phi) is 6.59. The number of rotatable bonds is 6. The summed E-state index contributed by atoms with van der Waals surface area (Å²) in [6.45, 7) is 14.1. The van der Waals surface area contributed by atoms with Crippen LogP contribution in [0.5, 0.6) is 0 Å². The lowest BCUT2D eigenvalue weighted by atomic mass is 10.1. The van der Waals surface area contributed by atoms with Crippen LogP contribution in [0.1, 0.15) is 34.6 Å². The van der Waals surface area contributed by atoms with E-state index in [-0.39, 0.29) is 18.1 Å². The molecule has 110 valence electrons. The van der Waals surface area contributed by atoms with Gasteiger partial charge in [0.05, 0.1) is 5.92 Å². The first-order valence-corrected chi connectivity index (χ1v) is 6.55. The molecule has 5 heteroatoms. The SMILES string of the molecule is C=CCN(C(=O)N(CC)CC(C)C(=O)O)C(C)(C)C. The Labute approximate surface area is 115 Å². The van der Waals surface area contributed by atoms with Crippen molar-refractivity contribution >= 4 is 12.0 Å². The maximum Gasteiger partial charge on any atom is 0.320 e. The summed E-state index contributed by atoms with van der Waals surface area (Å²) < 4.78 is 0. The molecular formula is C14H26N2O3. The lowest BCUT2D eigenvalue weighted by Gasteiger charge is -2.39. The van der Waals surface area contributed by atoms with E-state index in [1.54, 1.807) is 22.8 Å². The van der Waals surface area contributed by atoms with Crippen molar-refractivity contribution in [1.29, 1.82) is 0 Å². The first-order chi connectivity index (χ1) is 8.65. The highest BCUT2D eigenvalue weighted by Gasteiger charge is 2.30. The Hall–Kier alpha value is -1.52. The molecule has 0 aromatic heterocycles. The minimum absolute atomic E-state index is 0.150. The van der Waals surface area contributed by atoms with Crippen LogP contribution in [0.2, 0.25) is 0 Å². The zero-order valence-corrected chi connectivity index (χ0v) is 12.6. The summed E-state index contributed by atoms with van der Waals surface area (Å²) >= 11 is 0. The first kappa shape index (κ1) is 17.5. The summed E-state index contributed by atoms with van der Waals surface area (Å²) in [6.07, 6.45) is 1.68. The molecule has 1 unspecified atom stereocenters. The smallest absolute Gasteiger partial charge is 0.320 e. The Bertz CT molecular complexity index is 334. The summed E-state index contributed by atoms with van der Waals surface area (Å²) in [4.78, 5) is 26.6. The van der Waals surface area contributed by atoms with Gasteiger partial charge in [-0.3, -0.25) is 4.79 Å². The van der Waals surface area contributed by atoms with E-state index in [1.807, 2.05) is 27.7 Å². The molecule has 1 atom stereocenters. The molecule has 2 amide bonds. The third-order valence-electron chi connectivity index (χ3n) is 2.92. The van der Waals surface area contributed by atoms with Gasteiger partial charge in [0, 0.05) is 25.2 Å². The van der Waals surface area contributed by atoms with E-state index in [0.29, 0.717) is 13.1 Å². The van der Waals surface area contributed by atoms with Crippen LogP contribution in [0, 0.1) is 5.92 Å². The molecule has 0 rings (SSSR count). The maximum atomic E-state index is 12.5. The van der Waals surface area contributed by atoms with Gasteiger partial charge in [-0.15, -0.1) is 6.58 Å². The fourth-order valence-electron chi connectivity index (χ4n) is 1.69. The van der Waals surface area contributed by atoms with E-state index in [0.717, 1.165) is 0 Å². The normalized spacial score (nSPS) is 12.7. The number of hydrogen-bond donors (Lipinski definition) is 1. The van der Waals surface area contributed by atoms with Crippen LogP contribution in [-0.2, 0) is 4.79 Å². The highest BCUT2D eigenvalue weighted by atomic mass is 16.4.